The summed E-state index contributed by atoms with van der Waals surface area (Å²) in [5.74, 6) is 1.59. The molecule has 0 saturated carbocycles. The molecule has 2 atom stereocenters. The van der Waals surface area contributed by atoms with Gasteiger partial charge < -0.3 is 10.2 Å². The number of likely N-dealkylation sites (N-methyl/N-ethyl adjacent to an activating group) is 1. The molecular formula is C10H22N2. The molecule has 0 aromatic rings. The molecule has 72 valence electrons. The molecule has 2 heteroatoms. The highest BCUT2D eigenvalue weighted by Gasteiger charge is 2.26. The Hall–Kier alpha value is -0.0800. The Bertz CT molecular complexity index is 134. The van der Waals surface area contributed by atoms with Crippen LogP contribution >= 0.6 is 0 Å². The first-order chi connectivity index (χ1) is 5.61. The average molecular weight is 170 g/mol. The maximum Gasteiger partial charge on any atom is 0.0255 e. The van der Waals surface area contributed by atoms with Crippen LogP contribution in [0.3, 0.4) is 0 Å². The van der Waals surface area contributed by atoms with Gasteiger partial charge in [0.15, 0.2) is 0 Å². The topological polar surface area (TPSA) is 15.3 Å². The van der Waals surface area contributed by atoms with Gasteiger partial charge in [-0.15, -0.1) is 0 Å². The minimum absolute atomic E-state index is 0.757. The molecule has 1 N–H and O–H groups in total. The van der Waals surface area contributed by atoms with E-state index in [-0.39, 0.29) is 0 Å². The Morgan fingerprint density at radius 1 is 1.42 bits per heavy atom. The van der Waals surface area contributed by atoms with E-state index in [0.717, 1.165) is 17.9 Å². The fraction of sp³-hybridized carbons (Fsp3) is 1.00. The lowest BCUT2D eigenvalue weighted by Gasteiger charge is -2.28. The first kappa shape index (κ1) is 10.0. The van der Waals surface area contributed by atoms with E-state index >= 15 is 0 Å². The Labute approximate surface area is 76.3 Å². The largest absolute Gasteiger partial charge is 0.315 e. The van der Waals surface area contributed by atoms with Crippen molar-refractivity contribution in [1.82, 2.24) is 10.2 Å². The quantitative estimate of drug-likeness (QED) is 0.684. The number of nitrogens with one attached hydrogen (secondary N) is 1. The molecule has 2 unspecified atom stereocenters. The third-order valence-corrected chi connectivity index (χ3v) is 2.70. The van der Waals surface area contributed by atoms with Crippen LogP contribution in [0.15, 0.2) is 0 Å². The molecular weight excluding hydrogens is 148 g/mol. The van der Waals surface area contributed by atoms with Crippen LogP contribution in [0.2, 0.25) is 0 Å². The second kappa shape index (κ2) is 4.24. The normalized spacial score (nSPS) is 30.5. The highest BCUT2D eigenvalue weighted by Crippen LogP contribution is 2.14. The molecule has 0 aromatic heterocycles. The van der Waals surface area contributed by atoms with Gasteiger partial charge in [0.05, 0.1) is 0 Å². The van der Waals surface area contributed by atoms with Crippen LogP contribution in [-0.4, -0.2) is 37.6 Å². The smallest absolute Gasteiger partial charge is 0.0255 e. The van der Waals surface area contributed by atoms with Crippen LogP contribution < -0.4 is 5.32 Å². The zero-order valence-corrected chi connectivity index (χ0v) is 8.80. The molecule has 2 nitrogen and oxygen atoms in total. The summed E-state index contributed by atoms with van der Waals surface area (Å²) in [7, 11) is 2.24. The molecule has 1 aliphatic heterocycles. The van der Waals surface area contributed by atoms with Crippen LogP contribution in [0.4, 0.5) is 0 Å². The van der Waals surface area contributed by atoms with Gasteiger partial charge >= 0.3 is 0 Å². The molecule has 0 spiro atoms. The Morgan fingerprint density at radius 2 is 2.08 bits per heavy atom. The summed E-state index contributed by atoms with van der Waals surface area (Å²) in [6, 6.07) is 0.757. The van der Waals surface area contributed by atoms with E-state index in [2.05, 4.69) is 38.0 Å². The standard InChI is InChI=1S/C10H22N2/c1-8(2)7-12(4)10-6-11-5-9(10)3/h8-11H,5-7H2,1-4H3. The minimum atomic E-state index is 0.757. The first-order valence-electron chi connectivity index (χ1n) is 5.02. The van der Waals surface area contributed by atoms with Gasteiger partial charge in [0.1, 0.15) is 0 Å². The summed E-state index contributed by atoms with van der Waals surface area (Å²) in [6.07, 6.45) is 0. The summed E-state index contributed by atoms with van der Waals surface area (Å²) >= 11 is 0. The van der Waals surface area contributed by atoms with Crippen LogP contribution in [-0.2, 0) is 0 Å². The van der Waals surface area contributed by atoms with Gasteiger partial charge in [0.25, 0.3) is 0 Å². The number of nitrogens with zero attached hydrogens (tertiary/aromatic N) is 1. The lowest BCUT2D eigenvalue weighted by atomic mass is 10.0. The SMILES string of the molecule is CC(C)CN(C)C1CNCC1C. The summed E-state index contributed by atoms with van der Waals surface area (Å²) in [5, 5.41) is 3.43. The molecule has 1 saturated heterocycles. The van der Waals surface area contributed by atoms with Gasteiger partial charge in [-0.1, -0.05) is 20.8 Å². The maximum atomic E-state index is 3.43. The van der Waals surface area contributed by atoms with Crippen molar-refractivity contribution in [2.75, 3.05) is 26.7 Å². The zero-order chi connectivity index (χ0) is 9.14. The highest BCUT2D eigenvalue weighted by atomic mass is 15.2. The Morgan fingerprint density at radius 3 is 2.50 bits per heavy atom. The molecule has 0 bridgehead atoms. The van der Waals surface area contributed by atoms with E-state index in [1.54, 1.807) is 0 Å². The van der Waals surface area contributed by atoms with E-state index in [1.165, 1.54) is 19.6 Å². The second-order valence-corrected chi connectivity index (χ2v) is 4.54. The van der Waals surface area contributed by atoms with E-state index in [9.17, 15) is 0 Å². The first-order valence-corrected chi connectivity index (χ1v) is 5.02. The van der Waals surface area contributed by atoms with Gasteiger partial charge in [0.2, 0.25) is 0 Å². The van der Waals surface area contributed by atoms with Gasteiger partial charge in [-0.25, -0.2) is 0 Å². The zero-order valence-electron chi connectivity index (χ0n) is 8.80. The van der Waals surface area contributed by atoms with E-state index in [0.29, 0.717) is 0 Å². The summed E-state index contributed by atoms with van der Waals surface area (Å²) in [4.78, 5) is 2.50. The molecule has 1 aliphatic rings. The monoisotopic (exact) mass is 170 g/mol. The van der Waals surface area contributed by atoms with Crippen molar-refractivity contribution >= 4 is 0 Å². The number of hydrogen-bond acceptors (Lipinski definition) is 2. The lowest BCUT2D eigenvalue weighted by Crippen LogP contribution is -2.39. The predicted molar refractivity (Wildman–Crippen MR) is 53.3 cm³/mol. The minimum Gasteiger partial charge on any atom is -0.315 e. The van der Waals surface area contributed by atoms with Crippen molar-refractivity contribution in [2.45, 2.75) is 26.8 Å². The van der Waals surface area contributed by atoms with Gasteiger partial charge in [0, 0.05) is 19.1 Å². The Kier molecular flexibility index (Phi) is 3.53. The number of rotatable bonds is 3. The summed E-state index contributed by atoms with van der Waals surface area (Å²) in [5.41, 5.74) is 0. The fourth-order valence-electron chi connectivity index (χ4n) is 2.10. The predicted octanol–water partition coefficient (Wildman–Crippen LogP) is 1.18. The highest BCUT2D eigenvalue weighted by molar-refractivity contribution is 4.84. The third-order valence-electron chi connectivity index (χ3n) is 2.70. The third kappa shape index (κ3) is 2.46. The van der Waals surface area contributed by atoms with E-state index in [4.69, 9.17) is 0 Å². The summed E-state index contributed by atoms with van der Waals surface area (Å²) < 4.78 is 0. The van der Waals surface area contributed by atoms with Crippen molar-refractivity contribution in [3.63, 3.8) is 0 Å². The van der Waals surface area contributed by atoms with Crippen LogP contribution in [0.5, 0.6) is 0 Å². The molecule has 0 radical (unpaired) electrons. The van der Waals surface area contributed by atoms with Crippen LogP contribution in [0.1, 0.15) is 20.8 Å². The number of hydrogen-bond donors (Lipinski definition) is 1. The van der Waals surface area contributed by atoms with Crippen LogP contribution in [0.25, 0.3) is 0 Å². The van der Waals surface area contributed by atoms with Gasteiger partial charge in [-0.05, 0) is 25.4 Å². The Balaban J connectivity index is 2.35. The van der Waals surface area contributed by atoms with Gasteiger partial charge in [-0.2, -0.15) is 0 Å². The van der Waals surface area contributed by atoms with E-state index in [1.807, 2.05) is 0 Å². The molecule has 0 aliphatic carbocycles. The average Bonchev–Trinajstić information content (AvgIpc) is 2.33. The fourth-order valence-corrected chi connectivity index (χ4v) is 2.10. The van der Waals surface area contributed by atoms with Crippen molar-refractivity contribution in [1.29, 1.82) is 0 Å². The van der Waals surface area contributed by atoms with Crippen LogP contribution in [0, 0.1) is 11.8 Å². The molecule has 12 heavy (non-hydrogen) atoms. The van der Waals surface area contributed by atoms with E-state index < -0.39 is 0 Å². The molecule has 0 aromatic carbocycles. The lowest BCUT2D eigenvalue weighted by molar-refractivity contribution is 0.198. The summed E-state index contributed by atoms with van der Waals surface area (Å²) in [6.45, 7) is 10.5. The molecule has 1 fully saturated rings. The molecule has 1 rings (SSSR count). The van der Waals surface area contributed by atoms with Crippen molar-refractivity contribution in [2.24, 2.45) is 11.8 Å². The van der Waals surface area contributed by atoms with Crippen molar-refractivity contribution < 1.29 is 0 Å². The van der Waals surface area contributed by atoms with Crippen molar-refractivity contribution in [3.05, 3.63) is 0 Å². The van der Waals surface area contributed by atoms with Crippen molar-refractivity contribution in [3.8, 4) is 0 Å². The maximum absolute atomic E-state index is 3.43. The van der Waals surface area contributed by atoms with Gasteiger partial charge in [-0.3, -0.25) is 0 Å². The molecule has 0 amide bonds. The molecule has 1 heterocycles. The second-order valence-electron chi connectivity index (χ2n) is 4.54.